The molecule has 132 valence electrons. The first-order valence-corrected chi connectivity index (χ1v) is 10.5. The lowest BCUT2D eigenvalue weighted by Crippen LogP contribution is -2.31. The predicted molar refractivity (Wildman–Crippen MR) is 113 cm³/mol. The van der Waals surface area contributed by atoms with Crippen molar-refractivity contribution in [2.24, 2.45) is 0 Å². The topological polar surface area (TPSA) is 6.48 Å². The van der Waals surface area contributed by atoms with Crippen LogP contribution in [0.4, 0.5) is 0 Å². The van der Waals surface area contributed by atoms with Gasteiger partial charge in [-0.2, -0.15) is 0 Å². The maximum absolute atomic E-state index is 2.44. The van der Waals surface area contributed by atoms with Gasteiger partial charge in [0.2, 0.25) is 0 Å². The average Bonchev–Trinajstić information content (AvgIpc) is 3.03. The molecule has 1 atom stereocenters. The molecule has 0 aliphatic carbocycles. The first-order chi connectivity index (χ1) is 12.7. The molecule has 0 radical (unpaired) electrons. The minimum atomic E-state index is -0.534. The van der Waals surface area contributed by atoms with Gasteiger partial charge >= 0.3 is 0 Å². The van der Waals surface area contributed by atoms with E-state index in [-0.39, 0.29) is 0 Å². The molecule has 1 fully saturated rings. The van der Waals surface area contributed by atoms with Crippen LogP contribution in [-0.4, -0.2) is 30.7 Å². The van der Waals surface area contributed by atoms with Gasteiger partial charge in [0.05, 0.1) is 6.04 Å². The maximum atomic E-state index is 2.44. The van der Waals surface area contributed by atoms with E-state index in [0.29, 0.717) is 6.04 Å². The second-order valence-electron chi connectivity index (χ2n) is 6.86. The van der Waals surface area contributed by atoms with E-state index in [1.54, 1.807) is 0 Å². The first-order valence-electron chi connectivity index (χ1n) is 9.18. The molecule has 1 saturated heterocycles. The molecule has 1 aliphatic heterocycles. The molecule has 1 heterocycles. The van der Waals surface area contributed by atoms with Gasteiger partial charge in [-0.3, -0.25) is 0 Å². The van der Waals surface area contributed by atoms with Crippen molar-refractivity contribution in [2.75, 3.05) is 20.6 Å². The van der Waals surface area contributed by atoms with Gasteiger partial charge in [-0.15, -0.1) is 0 Å². The Morgan fingerprint density at radius 1 is 0.731 bits per heavy atom. The fraction of sp³-hybridized carbons (Fsp3) is 0.217. The van der Waals surface area contributed by atoms with E-state index >= 15 is 0 Å². The van der Waals surface area contributed by atoms with E-state index in [1.807, 2.05) is 0 Å². The largest absolute Gasteiger partial charge is 0.244 e. The van der Waals surface area contributed by atoms with Crippen LogP contribution in [0.25, 0.3) is 0 Å². The average molecular weight is 360 g/mol. The predicted octanol–water partition coefficient (Wildman–Crippen LogP) is 3.67. The second-order valence-corrected chi connectivity index (χ2v) is 9.08. The molecule has 2 nitrogen and oxygen atoms in total. The molecule has 0 N–H and O–H groups in total. The van der Waals surface area contributed by atoms with Crippen molar-refractivity contribution < 1.29 is 0 Å². The number of hydrogen-bond donors (Lipinski definition) is 0. The third-order valence-corrected chi connectivity index (χ3v) is 7.68. The van der Waals surface area contributed by atoms with Crippen LogP contribution < -0.4 is 15.9 Å². The van der Waals surface area contributed by atoms with Gasteiger partial charge in [-0.05, 0) is 41.9 Å². The van der Waals surface area contributed by atoms with Crippen LogP contribution in [0, 0.1) is 0 Å². The summed E-state index contributed by atoms with van der Waals surface area (Å²) < 4.78 is 0. The Balaban J connectivity index is 1.76. The minimum Gasteiger partial charge on any atom is -0.244 e. The molecule has 3 heteroatoms. The molecule has 0 aromatic heterocycles. The lowest BCUT2D eigenvalue weighted by atomic mass is 10.1. The van der Waals surface area contributed by atoms with E-state index in [0.717, 1.165) is 6.54 Å². The fourth-order valence-corrected chi connectivity index (χ4v) is 6.09. The van der Waals surface area contributed by atoms with Crippen molar-refractivity contribution in [2.45, 2.75) is 12.5 Å². The number of rotatable bonds is 4. The van der Waals surface area contributed by atoms with Crippen molar-refractivity contribution in [3.8, 4) is 0 Å². The van der Waals surface area contributed by atoms with Crippen molar-refractivity contribution >= 4 is 23.8 Å². The monoisotopic (exact) mass is 360 g/mol. The molecule has 1 aliphatic rings. The maximum Gasteiger partial charge on any atom is 0.0505 e. The molecule has 4 rings (SSSR count). The van der Waals surface area contributed by atoms with E-state index in [2.05, 4.69) is 109 Å². The molecule has 3 aromatic rings. The highest BCUT2D eigenvalue weighted by Gasteiger charge is 2.27. The smallest absolute Gasteiger partial charge is 0.0505 e. The summed E-state index contributed by atoms with van der Waals surface area (Å²) in [5, 5.41) is 8.92. The highest BCUT2D eigenvalue weighted by Crippen LogP contribution is 2.35. The van der Waals surface area contributed by atoms with Crippen LogP contribution in [0.5, 0.6) is 0 Å². The summed E-state index contributed by atoms with van der Waals surface area (Å²) in [7, 11) is 3.83. The summed E-state index contributed by atoms with van der Waals surface area (Å²) in [6.07, 6.45) is 1.19. The van der Waals surface area contributed by atoms with Crippen LogP contribution in [0.2, 0.25) is 0 Å². The van der Waals surface area contributed by atoms with E-state index < -0.39 is 7.92 Å². The standard InChI is InChI=1S/C23H25N2P/c1-24-17-16-23(25(24)2)19-10-9-15-22(18-19)26(20-11-5-3-6-12-20)21-13-7-4-8-14-21/h3-15,18,23H,16-17H2,1-2H3. The number of hydrogen-bond acceptors (Lipinski definition) is 2. The van der Waals surface area contributed by atoms with Crippen LogP contribution in [-0.2, 0) is 0 Å². The normalized spacial score (nSPS) is 18.5. The lowest BCUT2D eigenvalue weighted by molar-refractivity contribution is 0.0529. The Morgan fingerprint density at radius 2 is 1.31 bits per heavy atom. The van der Waals surface area contributed by atoms with Gasteiger partial charge in [0, 0.05) is 20.6 Å². The van der Waals surface area contributed by atoms with Gasteiger partial charge in [0.1, 0.15) is 0 Å². The van der Waals surface area contributed by atoms with Crippen LogP contribution in [0.1, 0.15) is 18.0 Å². The van der Waals surface area contributed by atoms with Gasteiger partial charge < -0.3 is 0 Å². The highest BCUT2D eigenvalue weighted by atomic mass is 31.1. The number of hydrazine groups is 1. The van der Waals surface area contributed by atoms with Gasteiger partial charge in [-0.1, -0.05) is 78.9 Å². The SMILES string of the molecule is CN1CCC(c2cccc(P(c3ccccc3)c3ccccc3)c2)N1C. The summed E-state index contributed by atoms with van der Waals surface area (Å²) in [5.41, 5.74) is 1.42. The Bertz CT molecular complexity index is 811. The van der Waals surface area contributed by atoms with E-state index in [4.69, 9.17) is 0 Å². The van der Waals surface area contributed by atoms with Gasteiger partial charge in [0.25, 0.3) is 0 Å². The number of nitrogens with zero attached hydrogens (tertiary/aromatic N) is 2. The van der Waals surface area contributed by atoms with Crippen LogP contribution in [0.15, 0.2) is 84.9 Å². The third-order valence-electron chi connectivity index (χ3n) is 5.26. The molecule has 0 bridgehead atoms. The molecule has 26 heavy (non-hydrogen) atoms. The molecule has 0 spiro atoms. The fourth-order valence-electron chi connectivity index (χ4n) is 3.75. The zero-order valence-electron chi connectivity index (χ0n) is 15.4. The molecular weight excluding hydrogens is 335 g/mol. The van der Waals surface area contributed by atoms with Gasteiger partial charge in [0.15, 0.2) is 0 Å². The first kappa shape index (κ1) is 17.4. The van der Waals surface area contributed by atoms with E-state index in [9.17, 15) is 0 Å². The Hall–Kier alpha value is -1.99. The summed E-state index contributed by atoms with van der Waals surface area (Å²) in [5.74, 6) is 0. The Labute approximate surface area is 157 Å². The summed E-state index contributed by atoms with van der Waals surface area (Å²) in [4.78, 5) is 0. The Kier molecular flexibility index (Phi) is 5.17. The Morgan fingerprint density at radius 3 is 1.85 bits per heavy atom. The van der Waals surface area contributed by atoms with Crippen molar-refractivity contribution in [3.05, 3.63) is 90.5 Å². The van der Waals surface area contributed by atoms with Gasteiger partial charge in [-0.25, -0.2) is 10.0 Å². The minimum absolute atomic E-state index is 0.475. The summed E-state index contributed by atoms with van der Waals surface area (Å²) in [6.45, 7) is 1.12. The van der Waals surface area contributed by atoms with Crippen molar-refractivity contribution in [3.63, 3.8) is 0 Å². The van der Waals surface area contributed by atoms with Crippen LogP contribution in [0.3, 0.4) is 0 Å². The van der Waals surface area contributed by atoms with Crippen molar-refractivity contribution in [1.29, 1.82) is 0 Å². The zero-order chi connectivity index (χ0) is 17.9. The zero-order valence-corrected chi connectivity index (χ0v) is 16.3. The summed E-state index contributed by atoms with van der Waals surface area (Å²) in [6, 6.07) is 31.6. The molecule has 0 amide bonds. The summed E-state index contributed by atoms with van der Waals surface area (Å²) >= 11 is 0. The van der Waals surface area contributed by atoms with E-state index in [1.165, 1.54) is 27.9 Å². The third kappa shape index (κ3) is 3.46. The molecule has 3 aromatic carbocycles. The van der Waals surface area contributed by atoms with Crippen LogP contribution >= 0.6 is 7.92 Å². The lowest BCUT2D eigenvalue weighted by Gasteiger charge is -2.26. The number of benzene rings is 3. The quantitative estimate of drug-likeness (QED) is 0.655. The molecule has 0 saturated carbocycles. The van der Waals surface area contributed by atoms with Crippen molar-refractivity contribution in [1.82, 2.24) is 10.0 Å². The molecular formula is C23H25N2P. The molecule has 1 unspecified atom stereocenters. The second kappa shape index (κ2) is 7.72. The highest BCUT2D eigenvalue weighted by molar-refractivity contribution is 7.79.